The molecule has 2 aromatic carbocycles. The topological polar surface area (TPSA) is 38.0 Å². The van der Waals surface area contributed by atoms with Crippen LogP contribution in [0, 0.1) is 11.8 Å². The fourth-order valence-corrected chi connectivity index (χ4v) is 4.30. The summed E-state index contributed by atoms with van der Waals surface area (Å²) in [5, 5.41) is 0.771. The Labute approximate surface area is 130 Å². The number of rotatable bonds is 3. The van der Waals surface area contributed by atoms with Crippen LogP contribution >= 0.6 is 11.6 Å². The summed E-state index contributed by atoms with van der Waals surface area (Å²) < 4.78 is 0. The van der Waals surface area contributed by atoms with Gasteiger partial charge in [0.1, 0.15) is 0 Å². The fourth-order valence-electron chi connectivity index (χ4n) is 4.17. The maximum absolute atomic E-state index is 5.99. The molecule has 1 fully saturated rings. The second kappa shape index (κ2) is 5.13. The van der Waals surface area contributed by atoms with E-state index in [1.165, 1.54) is 29.5 Å². The first-order valence-corrected chi connectivity index (χ1v) is 7.97. The highest BCUT2D eigenvalue weighted by Crippen LogP contribution is 2.64. The van der Waals surface area contributed by atoms with Crippen LogP contribution in [0.2, 0.25) is 5.02 Å². The van der Waals surface area contributed by atoms with E-state index in [4.69, 9.17) is 17.4 Å². The molecular weight excluding hydrogens is 280 g/mol. The molecular formula is C18H19ClN2. The van der Waals surface area contributed by atoms with Crippen LogP contribution in [-0.4, -0.2) is 0 Å². The number of nitrogens with two attached hydrogens (primary N) is 1. The second-order valence-electron chi connectivity index (χ2n) is 6.20. The molecule has 2 aliphatic rings. The predicted octanol–water partition coefficient (Wildman–Crippen LogP) is 3.82. The van der Waals surface area contributed by atoms with E-state index in [0.717, 1.165) is 10.9 Å². The van der Waals surface area contributed by atoms with Crippen molar-refractivity contribution in [2.24, 2.45) is 17.7 Å². The Balaban J connectivity index is 1.64. The lowest BCUT2D eigenvalue weighted by Crippen LogP contribution is -2.30. The quantitative estimate of drug-likeness (QED) is 0.668. The molecule has 2 nitrogen and oxygen atoms in total. The second-order valence-corrected chi connectivity index (χ2v) is 6.64. The molecule has 0 bridgehead atoms. The average Bonchev–Trinajstić information content (AvgIpc) is 3.25. The summed E-state index contributed by atoms with van der Waals surface area (Å²) in [5.41, 5.74) is 7.34. The number of nitrogens with one attached hydrogen (secondary N) is 1. The van der Waals surface area contributed by atoms with E-state index in [0.29, 0.717) is 11.8 Å². The number of halogens is 1. The van der Waals surface area contributed by atoms with Gasteiger partial charge in [0.15, 0.2) is 0 Å². The molecule has 108 valence electrons. The molecule has 0 radical (unpaired) electrons. The van der Waals surface area contributed by atoms with Gasteiger partial charge in [-0.05, 0) is 59.4 Å². The minimum Gasteiger partial charge on any atom is -0.271 e. The SMILES string of the molecule is NNC(c1ccc(Cl)cc1)C1C2CCc3ccccc3C21. The van der Waals surface area contributed by atoms with Crippen molar-refractivity contribution in [1.82, 2.24) is 5.43 Å². The van der Waals surface area contributed by atoms with Crippen molar-refractivity contribution in [2.75, 3.05) is 0 Å². The number of hydrogen-bond acceptors (Lipinski definition) is 2. The van der Waals surface area contributed by atoms with Crippen molar-refractivity contribution >= 4 is 11.6 Å². The zero-order valence-corrected chi connectivity index (χ0v) is 12.6. The molecule has 0 aromatic heterocycles. The third-order valence-corrected chi connectivity index (χ3v) is 5.44. The van der Waals surface area contributed by atoms with Crippen LogP contribution in [0.15, 0.2) is 48.5 Å². The molecule has 0 amide bonds. The van der Waals surface area contributed by atoms with Crippen molar-refractivity contribution in [3.63, 3.8) is 0 Å². The molecule has 0 aliphatic heterocycles. The highest BCUT2D eigenvalue weighted by molar-refractivity contribution is 6.30. The third kappa shape index (κ3) is 2.18. The molecule has 0 spiro atoms. The lowest BCUT2D eigenvalue weighted by Gasteiger charge is -2.17. The summed E-state index contributed by atoms with van der Waals surface area (Å²) in [6.45, 7) is 0. The van der Waals surface area contributed by atoms with Gasteiger partial charge in [-0.15, -0.1) is 0 Å². The molecule has 3 heteroatoms. The van der Waals surface area contributed by atoms with Crippen LogP contribution in [0.25, 0.3) is 0 Å². The molecule has 4 unspecified atom stereocenters. The molecule has 4 rings (SSSR count). The van der Waals surface area contributed by atoms with Gasteiger partial charge in [0.05, 0.1) is 0 Å². The lowest BCUT2D eigenvalue weighted by molar-refractivity contribution is 0.460. The molecule has 2 aromatic rings. The Kier molecular flexibility index (Phi) is 3.26. The van der Waals surface area contributed by atoms with Gasteiger partial charge in [0, 0.05) is 11.1 Å². The average molecular weight is 299 g/mol. The standard InChI is InChI=1S/C18H19ClN2/c19-13-8-5-12(6-9-13)18(21-20)17-15-10-7-11-3-1-2-4-14(11)16(15)17/h1-6,8-9,15-18,21H,7,10,20H2. The number of fused-ring (bicyclic) bond motifs is 3. The molecule has 1 saturated carbocycles. The fraction of sp³-hybridized carbons (Fsp3) is 0.333. The number of hydrogen-bond donors (Lipinski definition) is 2. The summed E-state index contributed by atoms with van der Waals surface area (Å²) >= 11 is 5.99. The Morgan fingerprint density at radius 2 is 1.86 bits per heavy atom. The number of aryl methyl sites for hydroxylation is 1. The molecule has 4 atom stereocenters. The van der Waals surface area contributed by atoms with E-state index in [1.54, 1.807) is 0 Å². The van der Waals surface area contributed by atoms with Gasteiger partial charge in [-0.3, -0.25) is 11.3 Å². The minimum atomic E-state index is 0.212. The van der Waals surface area contributed by atoms with E-state index in [9.17, 15) is 0 Å². The monoisotopic (exact) mass is 298 g/mol. The molecule has 3 N–H and O–H groups in total. The summed E-state index contributed by atoms with van der Waals surface area (Å²) in [7, 11) is 0. The van der Waals surface area contributed by atoms with Gasteiger partial charge in [-0.1, -0.05) is 48.0 Å². The Morgan fingerprint density at radius 1 is 1.10 bits per heavy atom. The molecule has 0 heterocycles. The van der Waals surface area contributed by atoms with E-state index in [-0.39, 0.29) is 6.04 Å². The van der Waals surface area contributed by atoms with E-state index < -0.39 is 0 Å². The van der Waals surface area contributed by atoms with Gasteiger partial charge in [-0.25, -0.2) is 0 Å². The number of hydrazine groups is 1. The number of benzene rings is 2. The highest BCUT2D eigenvalue weighted by atomic mass is 35.5. The van der Waals surface area contributed by atoms with E-state index >= 15 is 0 Å². The Bertz CT molecular complexity index is 653. The van der Waals surface area contributed by atoms with Crippen LogP contribution in [0.3, 0.4) is 0 Å². The van der Waals surface area contributed by atoms with Gasteiger partial charge >= 0.3 is 0 Å². The largest absolute Gasteiger partial charge is 0.271 e. The summed E-state index contributed by atoms with van der Waals surface area (Å²) in [6, 6.07) is 17.1. The highest BCUT2D eigenvalue weighted by Gasteiger charge is 2.56. The van der Waals surface area contributed by atoms with E-state index in [1.807, 2.05) is 12.1 Å². The van der Waals surface area contributed by atoms with Crippen LogP contribution in [-0.2, 0) is 6.42 Å². The van der Waals surface area contributed by atoms with Gasteiger partial charge in [0.25, 0.3) is 0 Å². The molecule has 21 heavy (non-hydrogen) atoms. The smallest absolute Gasteiger partial charge is 0.0496 e. The first-order valence-electron chi connectivity index (χ1n) is 7.59. The molecule has 2 aliphatic carbocycles. The van der Waals surface area contributed by atoms with E-state index in [2.05, 4.69) is 41.8 Å². The van der Waals surface area contributed by atoms with Crippen LogP contribution in [0.5, 0.6) is 0 Å². The minimum absolute atomic E-state index is 0.212. The zero-order chi connectivity index (χ0) is 14.4. The summed E-state index contributed by atoms with van der Waals surface area (Å²) in [4.78, 5) is 0. The van der Waals surface area contributed by atoms with Crippen LogP contribution < -0.4 is 11.3 Å². The Hall–Kier alpha value is -1.35. The van der Waals surface area contributed by atoms with Crippen molar-refractivity contribution in [3.8, 4) is 0 Å². The Morgan fingerprint density at radius 3 is 2.62 bits per heavy atom. The normalized spacial score (nSPS) is 27.6. The lowest BCUT2D eigenvalue weighted by atomic mass is 9.92. The van der Waals surface area contributed by atoms with Crippen LogP contribution in [0.1, 0.15) is 35.1 Å². The van der Waals surface area contributed by atoms with Crippen molar-refractivity contribution in [1.29, 1.82) is 0 Å². The van der Waals surface area contributed by atoms with Crippen LogP contribution in [0.4, 0.5) is 0 Å². The first-order chi connectivity index (χ1) is 10.3. The van der Waals surface area contributed by atoms with Crippen molar-refractivity contribution in [3.05, 3.63) is 70.2 Å². The van der Waals surface area contributed by atoms with Gasteiger partial charge in [-0.2, -0.15) is 0 Å². The predicted molar refractivity (Wildman–Crippen MR) is 86.0 cm³/mol. The van der Waals surface area contributed by atoms with Crippen molar-refractivity contribution < 1.29 is 0 Å². The third-order valence-electron chi connectivity index (χ3n) is 5.18. The van der Waals surface area contributed by atoms with Gasteiger partial charge in [0.2, 0.25) is 0 Å². The maximum atomic E-state index is 5.99. The summed E-state index contributed by atoms with van der Waals surface area (Å²) in [6.07, 6.45) is 2.48. The van der Waals surface area contributed by atoms with Crippen molar-refractivity contribution in [2.45, 2.75) is 24.8 Å². The first kappa shape index (κ1) is 13.3. The molecule has 0 saturated heterocycles. The zero-order valence-electron chi connectivity index (χ0n) is 11.8. The maximum Gasteiger partial charge on any atom is 0.0496 e. The summed E-state index contributed by atoms with van der Waals surface area (Å²) in [5.74, 6) is 7.89. The van der Waals surface area contributed by atoms with Gasteiger partial charge < -0.3 is 0 Å².